The molecule has 0 fully saturated rings. The standard InChI is InChI=1S/C17H13ClN2O3/c1-10-15(17(22)23)19-16(13-4-2-3-5-14(13)18)20(10)11-6-8-12(21)9-7-11/h2-9,21H,1H3,(H,22,23). The minimum atomic E-state index is -1.10. The van der Waals surface area contributed by atoms with Gasteiger partial charge in [0.05, 0.1) is 10.7 Å². The predicted molar refractivity (Wildman–Crippen MR) is 87.4 cm³/mol. The van der Waals surface area contributed by atoms with Crippen LogP contribution in [0.2, 0.25) is 5.02 Å². The third-order valence-electron chi connectivity index (χ3n) is 3.53. The Kier molecular flexibility index (Phi) is 3.80. The molecule has 116 valence electrons. The molecule has 6 heteroatoms. The zero-order valence-corrected chi connectivity index (χ0v) is 12.9. The van der Waals surface area contributed by atoms with Crippen molar-refractivity contribution < 1.29 is 15.0 Å². The van der Waals surface area contributed by atoms with E-state index in [1.54, 1.807) is 41.8 Å². The van der Waals surface area contributed by atoms with Crippen molar-refractivity contribution in [2.24, 2.45) is 0 Å². The molecule has 23 heavy (non-hydrogen) atoms. The van der Waals surface area contributed by atoms with Crippen molar-refractivity contribution in [3.8, 4) is 22.8 Å². The van der Waals surface area contributed by atoms with Gasteiger partial charge in [0, 0.05) is 11.3 Å². The SMILES string of the molecule is Cc1c(C(=O)O)nc(-c2ccccc2Cl)n1-c1ccc(O)cc1. The van der Waals surface area contributed by atoms with Crippen molar-refractivity contribution >= 4 is 17.6 Å². The predicted octanol–water partition coefficient (Wildman–Crippen LogP) is 3.90. The van der Waals surface area contributed by atoms with Crippen LogP contribution in [0.15, 0.2) is 48.5 Å². The summed E-state index contributed by atoms with van der Waals surface area (Å²) in [6, 6.07) is 13.6. The van der Waals surface area contributed by atoms with Crippen molar-refractivity contribution in [2.75, 3.05) is 0 Å². The molecule has 3 aromatic rings. The zero-order chi connectivity index (χ0) is 16.6. The third-order valence-corrected chi connectivity index (χ3v) is 3.86. The minimum Gasteiger partial charge on any atom is -0.508 e. The van der Waals surface area contributed by atoms with Gasteiger partial charge < -0.3 is 10.2 Å². The molecule has 2 N–H and O–H groups in total. The maximum atomic E-state index is 11.4. The van der Waals surface area contributed by atoms with Crippen LogP contribution in [0.4, 0.5) is 0 Å². The highest BCUT2D eigenvalue weighted by Crippen LogP contribution is 2.31. The summed E-state index contributed by atoms with van der Waals surface area (Å²) in [5.41, 5.74) is 1.78. The summed E-state index contributed by atoms with van der Waals surface area (Å²) in [7, 11) is 0. The lowest BCUT2D eigenvalue weighted by molar-refractivity contribution is 0.0690. The van der Waals surface area contributed by atoms with E-state index in [-0.39, 0.29) is 11.4 Å². The van der Waals surface area contributed by atoms with Crippen LogP contribution in [-0.2, 0) is 0 Å². The summed E-state index contributed by atoms with van der Waals surface area (Å²) >= 11 is 6.24. The fraction of sp³-hybridized carbons (Fsp3) is 0.0588. The number of aromatic nitrogens is 2. The lowest BCUT2D eigenvalue weighted by Crippen LogP contribution is -2.02. The molecule has 0 unspecified atom stereocenters. The van der Waals surface area contributed by atoms with Gasteiger partial charge in [-0.1, -0.05) is 23.7 Å². The lowest BCUT2D eigenvalue weighted by atomic mass is 10.2. The average Bonchev–Trinajstić information content (AvgIpc) is 2.86. The molecular formula is C17H13ClN2O3. The second kappa shape index (κ2) is 5.78. The number of hydrogen-bond acceptors (Lipinski definition) is 3. The summed E-state index contributed by atoms with van der Waals surface area (Å²) in [5.74, 6) is -0.534. The van der Waals surface area contributed by atoms with Gasteiger partial charge in [-0.2, -0.15) is 0 Å². The van der Waals surface area contributed by atoms with Gasteiger partial charge in [0.15, 0.2) is 5.69 Å². The molecule has 0 spiro atoms. The van der Waals surface area contributed by atoms with Crippen molar-refractivity contribution in [3.05, 3.63) is 64.9 Å². The van der Waals surface area contributed by atoms with Crippen LogP contribution >= 0.6 is 11.6 Å². The third kappa shape index (κ3) is 2.66. The molecule has 1 heterocycles. The van der Waals surface area contributed by atoms with Crippen molar-refractivity contribution in [1.29, 1.82) is 0 Å². The van der Waals surface area contributed by atoms with Crippen molar-refractivity contribution in [2.45, 2.75) is 6.92 Å². The molecule has 0 aliphatic heterocycles. The van der Waals surface area contributed by atoms with Gasteiger partial charge in [-0.15, -0.1) is 0 Å². The van der Waals surface area contributed by atoms with Crippen LogP contribution in [0.25, 0.3) is 17.1 Å². The number of benzene rings is 2. The number of aromatic hydroxyl groups is 1. The fourth-order valence-corrected chi connectivity index (χ4v) is 2.67. The highest BCUT2D eigenvalue weighted by molar-refractivity contribution is 6.33. The maximum Gasteiger partial charge on any atom is 0.356 e. The molecule has 0 atom stereocenters. The molecule has 1 aromatic heterocycles. The van der Waals surface area contributed by atoms with Crippen LogP contribution in [0, 0.1) is 6.92 Å². The number of rotatable bonds is 3. The van der Waals surface area contributed by atoms with E-state index in [1.165, 1.54) is 12.1 Å². The van der Waals surface area contributed by atoms with E-state index in [1.807, 2.05) is 6.07 Å². The fourth-order valence-electron chi connectivity index (χ4n) is 2.44. The summed E-state index contributed by atoms with van der Waals surface area (Å²) in [4.78, 5) is 15.7. The van der Waals surface area contributed by atoms with E-state index in [2.05, 4.69) is 4.98 Å². The normalized spacial score (nSPS) is 10.7. The van der Waals surface area contributed by atoms with Crippen LogP contribution < -0.4 is 0 Å². The molecule has 3 rings (SSSR count). The number of carboxylic acid groups (broad SMARTS) is 1. The van der Waals surface area contributed by atoms with E-state index in [0.717, 1.165) is 0 Å². The first-order valence-corrected chi connectivity index (χ1v) is 7.24. The molecule has 2 aromatic carbocycles. The molecule has 0 bridgehead atoms. The molecule has 0 aliphatic carbocycles. The highest BCUT2D eigenvalue weighted by atomic mass is 35.5. The van der Waals surface area contributed by atoms with Crippen molar-refractivity contribution in [3.63, 3.8) is 0 Å². The average molecular weight is 329 g/mol. The Labute approximate surface area is 137 Å². The Hall–Kier alpha value is -2.79. The number of imidazole rings is 1. The number of carbonyl (C=O) groups is 1. The number of halogens is 1. The van der Waals surface area contributed by atoms with Gasteiger partial charge in [0.25, 0.3) is 0 Å². The Bertz CT molecular complexity index is 885. The number of carboxylic acids is 1. The number of aromatic carboxylic acids is 1. The van der Waals surface area contributed by atoms with E-state index >= 15 is 0 Å². The van der Waals surface area contributed by atoms with E-state index in [9.17, 15) is 15.0 Å². The van der Waals surface area contributed by atoms with Crippen molar-refractivity contribution in [1.82, 2.24) is 9.55 Å². The van der Waals surface area contributed by atoms with Gasteiger partial charge >= 0.3 is 5.97 Å². The monoisotopic (exact) mass is 328 g/mol. The lowest BCUT2D eigenvalue weighted by Gasteiger charge is -2.11. The van der Waals surface area contributed by atoms with Gasteiger partial charge in [0.1, 0.15) is 11.6 Å². The van der Waals surface area contributed by atoms with E-state index in [4.69, 9.17) is 11.6 Å². The van der Waals surface area contributed by atoms with Crippen LogP contribution in [0.1, 0.15) is 16.2 Å². The molecular weight excluding hydrogens is 316 g/mol. The van der Waals surface area contributed by atoms with Crippen LogP contribution in [0.5, 0.6) is 5.75 Å². The van der Waals surface area contributed by atoms with Crippen LogP contribution in [-0.4, -0.2) is 25.7 Å². The second-order valence-corrected chi connectivity index (χ2v) is 5.41. The Morgan fingerprint density at radius 1 is 1.13 bits per heavy atom. The minimum absolute atomic E-state index is 0.0343. The molecule has 0 amide bonds. The first kappa shape index (κ1) is 15.1. The largest absolute Gasteiger partial charge is 0.508 e. The van der Waals surface area contributed by atoms with E-state index in [0.29, 0.717) is 27.8 Å². The maximum absolute atomic E-state index is 11.4. The molecule has 0 radical (unpaired) electrons. The number of phenolic OH excluding ortho intramolecular Hbond substituents is 1. The summed E-state index contributed by atoms with van der Waals surface area (Å²) in [5, 5.41) is 19.3. The Balaban J connectivity index is 2.31. The van der Waals surface area contributed by atoms with Gasteiger partial charge in [-0.3, -0.25) is 4.57 Å². The van der Waals surface area contributed by atoms with Gasteiger partial charge in [0.2, 0.25) is 0 Å². The molecule has 0 aliphatic rings. The molecule has 5 nitrogen and oxygen atoms in total. The van der Waals surface area contributed by atoms with E-state index < -0.39 is 5.97 Å². The molecule has 0 saturated carbocycles. The zero-order valence-electron chi connectivity index (χ0n) is 12.2. The smallest absolute Gasteiger partial charge is 0.356 e. The summed E-state index contributed by atoms with van der Waals surface area (Å²) in [6.45, 7) is 1.68. The Morgan fingerprint density at radius 2 is 1.78 bits per heavy atom. The topological polar surface area (TPSA) is 75.3 Å². The first-order chi connectivity index (χ1) is 11.0. The second-order valence-electron chi connectivity index (χ2n) is 5.01. The van der Waals surface area contributed by atoms with Crippen LogP contribution in [0.3, 0.4) is 0 Å². The summed E-state index contributed by atoms with van der Waals surface area (Å²) in [6.07, 6.45) is 0. The van der Waals surface area contributed by atoms with Gasteiger partial charge in [-0.05, 0) is 43.3 Å². The number of phenols is 1. The highest BCUT2D eigenvalue weighted by Gasteiger charge is 2.22. The Morgan fingerprint density at radius 3 is 2.39 bits per heavy atom. The quantitative estimate of drug-likeness (QED) is 0.764. The number of hydrogen-bond donors (Lipinski definition) is 2. The number of nitrogens with zero attached hydrogens (tertiary/aromatic N) is 2. The van der Waals surface area contributed by atoms with Gasteiger partial charge in [-0.25, -0.2) is 9.78 Å². The summed E-state index contributed by atoms with van der Waals surface area (Å²) < 4.78 is 1.71. The molecule has 0 saturated heterocycles. The first-order valence-electron chi connectivity index (χ1n) is 6.86.